The van der Waals surface area contributed by atoms with Gasteiger partial charge in [-0.1, -0.05) is 6.07 Å². The van der Waals surface area contributed by atoms with E-state index in [1.54, 1.807) is 7.05 Å². The molecule has 0 spiro atoms. The molecule has 0 unspecified atom stereocenters. The predicted molar refractivity (Wildman–Crippen MR) is 75.9 cm³/mol. The van der Waals surface area contributed by atoms with Gasteiger partial charge in [-0.3, -0.25) is 4.79 Å². The lowest BCUT2D eigenvalue weighted by atomic mass is 10.2. The van der Waals surface area contributed by atoms with Crippen LogP contribution in [0.15, 0.2) is 24.3 Å². The van der Waals surface area contributed by atoms with Gasteiger partial charge in [-0.15, -0.1) is 0 Å². The van der Waals surface area contributed by atoms with Gasteiger partial charge in [-0.25, -0.2) is 0 Å². The largest absolute Gasteiger partial charge is 0.385 e. The van der Waals surface area contributed by atoms with Crippen molar-refractivity contribution in [3.05, 3.63) is 29.8 Å². The van der Waals surface area contributed by atoms with Crippen LogP contribution >= 0.6 is 11.8 Å². The standard InChI is InChI=1S/C13H20N2OS/c1-14-13(16)11-6-5-7-12(10-11)15-8-3-4-9-17-2/h5-7,10,15H,3-4,8-9H2,1-2H3,(H,14,16). The van der Waals surface area contributed by atoms with E-state index in [0.29, 0.717) is 5.56 Å². The summed E-state index contributed by atoms with van der Waals surface area (Å²) < 4.78 is 0. The monoisotopic (exact) mass is 252 g/mol. The van der Waals surface area contributed by atoms with Crippen LogP contribution in [0.2, 0.25) is 0 Å². The van der Waals surface area contributed by atoms with Gasteiger partial charge in [-0.05, 0) is 43.0 Å². The summed E-state index contributed by atoms with van der Waals surface area (Å²) in [6.45, 7) is 0.956. The summed E-state index contributed by atoms with van der Waals surface area (Å²) in [6.07, 6.45) is 4.51. The molecule has 0 bridgehead atoms. The second-order valence-corrected chi connectivity index (χ2v) is 4.77. The van der Waals surface area contributed by atoms with Crippen LogP contribution in [0.5, 0.6) is 0 Å². The van der Waals surface area contributed by atoms with Gasteiger partial charge < -0.3 is 10.6 Å². The third-order valence-corrected chi connectivity index (χ3v) is 3.15. The molecule has 0 saturated heterocycles. The molecule has 0 atom stereocenters. The Bertz CT molecular complexity index is 355. The Labute approximate surface area is 107 Å². The molecule has 3 nitrogen and oxygen atoms in total. The summed E-state index contributed by atoms with van der Waals surface area (Å²) in [4.78, 5) is 11.4. The minimum absolute atomic E-state index is 0.0453. The number of benzene rings is 1. The molecule has 0 aliphatic heterocycles. The van der Waals surface area contributed by atoms with Crippen LogP contribution in [-0.2, 0) is 0 Å². The molecule has 0 fully saturated rings. The lowest BCUT2D eigenvalue weighted by molar-refractivity contribution is 0.0963. The van der Waals surface area contributed by atoms with Gasteiger partial charge in [0.1, 0.15) is 0 Å². The number of carbonyl (C=O) groups excluding carboxylic acids is 1. The minimum Gasteiger partial charge on any atom is -0.385 e. The Balaban J connectivity index is 2.40. The van der Waals surface area contributed by atoms with Crippen molar-refractivity contribution >= 4 is 23.4 Å². The number of hydrogen-bond donors (Lipinski definition) is 2. The quantitative estimate of drug-likeness (QED) is 0.733. The Morgan fingerprint density at radius 3 is 2.88 bits per heavy atom. The van der Waals surface area contributed by atoms with Gasteiger partial charge in [0.2, 0.25) is 0 Å². The van der Waals surface area contributed by atoms with E-state index in [0.717, 1.165) is 18.7 Å². The number of amides is 1. The fourth-order valence-electron chi connectivity index (χ4n) is 1.52. The molecular weight excluding hydrogens is 232 g/mol. The van der Waals surface area contributed by atoms with Crippen molar-refractivity contribution in [3.63, 3.8) is 0 Å². The number of hydrogen-bond acceptors (Lipinski definition) is 3. The Morgan fingerprint density at radius 2 is 2.18 bits per heavy atom. The Morgan fingerprint density at radius 1 is 1.35 bits per heavy atom. The number of thioether (sulfide) groups is 1. The first-order chi connectivity index (χ1) is 8.27. The Kier molecular flexibility index (Phi) is 6.55. The van der Waals surface area contributed by atoms with Crippen LogP contribution in [0.4, 0.5) is 5.69 Å². The molecule has 1 aromatic rings. The third kappa shape index (κ3) is 5.13. The van der Waals surface area contributed by atoms with Crippen molar-refractivity contribution < 1.29 is 4.79 Å². The van der Waals surface area contributed by atoms with Gasteiger partial charge in [-0.2, -0.15) is 11.8 Å². The molecule has 1 rings (SSSR count). The normalized spacial score (nSPS) is 10.0. The molecule has 1 amide bonds. The van der Waals surface area contributed by atoms with Crippen molar-refractivity contribution in [3.8, 4) is 0 Å². The third-order valence-electron chi connectivity index (χ3n) is 2.46. The first kappa shape index (κ1) is 13.9. The van der Waals surface area contributed by atoms with Gasteiger partial charge in [0.15, 0.2) is 0 Å². The number of anilines is 1. The van der Waals surface area contributed by atoms with E-state index < -0.39 is 0 Å². The van der Waals surface area contributed by atoms with Gasteiger partial charge in [0.05, 0.1) is 0 Å². The molecule has 0 aromatic heterocycles. The van der Waals surface area contributed by atoms with Gasteiger partial charge in [0, 0.05) is 24.8 Å². The molecule has 0 aliphatic rings. The van der Waals surface area contributed by atoms with E-state index >= 15 is 0 Å². The SMILES string of the molecule is CNC(=O)c1cccc(NCCCCSC)c1. The molecule has 0 saturated carbocycles. The fourth-order valence-corrected chi connectivity index (χ4v) is 2.01. The van der Waals surface area contributed by atoms with E-state index in [4.69, 9.17) is 0 Å². The van der Waals surface area contributed by atoms with Crippen LogP contribution in [0.25, 0.3) is 0 Å². The second kappa shape index (κ2) is 8.01. The maximum Gasteiger partial charge on any atom is 0.251 e. The van der Waals surface area contributed by atoms with Crippen LogP contribution < -0.4 is 10.6 Å². The number of unbranched alkanes of at least 4 members (excludes halogenated alkanes) is 1. The minimum atomic E-state index is -0.0453. The maximum atomic E-state index is 11.4. The van der Waals surface area contributed by atoms with Crippen LogP contribution in [0.1, 0.15) is 23.2 Å². The summed E-state index contributed by atoms with van der Waals surface area (Å²) >= 11 is 1.88. The van der Waals surface area contributed by atoms with Crippen molar-refractivity contribution in [2.45, 2.75) is 12.8 Å². The molecule has 0 aliphatic carbocycles. The van der Waals surface area contributed by atoms with Crippen LogP contribution in [0.3, 0.4) is 0 Å². The molecule has 2 N–H and O–H groups in total. The molecule has 17 heavy (non-hydrogen) atoms. The van der Waals surface area contributed by atoms with Crippen LogP contribution in [0, 0.1) is 0 Å². The Hall–Kier alpha value is -1.16. The zero-order valence-electron chi connectivity index (χ0n) is 10.5. The zero-order valence-corrected chi connectivity index (χ0v) is 11.3. The molecule has 1 aromatic carbocycles. The zero-order chi connectivity index (χ0) is 12.5. The van der Waals surface area contributed by atoms with E-state index in [1.807, 2.05) is 36.0 Å². The smallest absolute Gasteiger partial charge is 0.251 e. The molecular formula is C13H20N2OS. The summed E-state index contributed by atoms with van der Waals surface area (Å²) in [5.74, 6) is 1.16. The first-order valence-corrected chi connectivity index (χ1v) is 7.22. The lowest BCUT2D eigenvalue weighted by Crippen LogP contribution is -2.17. The second-order valence-electron chi connectivity index (χ2n) is 3.79. The van der Waals surface area contributed by atoms with Crippen molar-refractivity contribution in [2.75, 3.05) is 30.9 Å². The number of rotatable bonds is 7. The predicted octanol–water partition coefficient (Wildman–Crippen LogP) is 2.60. The highest BCUT2D eigenvalue weighted by Gasteiger charge is 2.02. The highest BCUT2D eigenvalue weighted by Crippen LogP contribution is 2.11. The number of carbonyl (C=O) groups is 1. The average molecular weight is 252 g/mol. The summed E-state index contributed by atoms with van der Waals surface area (Å²) in [6, 6.07) is 7.58. The van der Waals surface area contributed by atoms with Crippen molar-refractivity contribution in [1.29, 1.82) is 0 Å². The summed E-state index contributed by atoms with van der Waals surface area (Å²) in [5, 5.41) is 5.96. The van der Waals surface area contributed by atoms with E-state index in [2.05, 4.69) is 16.9 Å². The number of nitrogens with one attached hydrogen (secondary N) is 2. The van der Waals surface area contributed by atoms with Gasteiger partial charge in [0.25, 0.3) is 5.91 Å². The first-order valence-electron chi connectivity index (χ1n) is 5.83. The fraction of sp³-hybridized carbons (Fsp3) is 0.462. The molecule has 0 radical (unpaired) electrons. The molecule has 4 heteroatoms. The van der Waals surface area contributed by atoms with E-state index in [9.17, 15) is 4.79 Å². The highest BCUT2D eigenvalue weighted by molar-refractivity contribution is 7.98. The van der Waals surface area contributed by atoms with Crippen molar-refractivity contribution in [2.24, 2.45) is 0 Å². The summed E-state index contributed by atoms with van der Waals surface area (Å²) in [5.41, 5.74) is 1.71. The van der Waals surface area contributed by atoms with Gasteiger partial charge >= 0.3 is 0 Å². The topological polar surface area (TPSA) is 41.1 Å². The molecule has 94 valence electrons. The highest BCUT2D eigenvalue weighted by atomic mass is 32.2. The van der Waals surface area contributed by atoms with Crippen molar-refractivity contribution in [1.82, 2.24) is 5.32 Å². The van der Waals surface area contributed by atoms with E-state index in [-0.39, 0.29) is 5.91 Å². The van der Waals surface area contributed by atoms with Crippen LogP contribution in [-0.4, -0.2) is 31.5 Å². The summed E-state index contributed by atoms with van der Waals surface area (Å²) in [7, 11) is 1.64. The average Bonchev–Trinajstić information content (AvgIpc) is 2.38. The lowest BCUT2D eigenvalue weighted by Gasteiger charge is -2.07. The maximum absolute atomic E-state index is 11.4. The molecule has 0 heterocycles. The van der Waals surface area contributed by atoms with E-state index in [1.165, 1.54) is 12.2 Å².